The van der Waals surface area contributed by atoms with Crippen LogP contribution in [0.5, 0.6) is 5.75 Å². The first kappa shape index (κ1) is 19.3. The number of amides is 4. The molecule has 0 aromatic heterocycles. The minimum Gasteiger partial charge on any atom is -0.497 e. The monoisotopic (exact) mass is 382 g/mol. The Morgan fingerprint density at radius 3 is 2.61 bits per heavy atom. The highest BCUT2D eigenvalue weighted by Crippen LogP contribution is 2.21. The fraction of sp³-hybridized carbons (Fsp3) is 0.300. The van der Waals surface area contributed by atoms with Crippen LogP contribution in [0.25, 0.3) is 10.8 Å². The zero-order valence-corrected chi connectivity index (χ0v) is 16.0. The Morgan fingerprint density at radius 1 is 1.21 bits per heavy atom. The maximum atomic E-state index is 12.1. The molecular formula is C20H22N4O4. The van der Waals surface area contributed by atoms with E-state index in [4.69, 9.17) is 4.74 Å². The number of hydrazone groups is 1. The molecule has 28 heavy (non-hydrogen) atoms. The molecule has 0 radical (unpaired) electrons. The number of nitrogens with zero attached hydrogens (tertiary/aromatic N) is 2. The van der Waals surface area contributed by atoms with Gasteiger partial charge in [-0.25, -0.2) is 10.2 Å². The van der Waals surface area contributed by atoms with Crippen LogP contribution in [0.3, 0.4) is 0 Å². The third kappa shape index (κ3) is 4.11. The Balaban J connectivity index is 1.54. The van der Waals surface area contributed by atoms with Gasteiger partial charge in [-0.05, 0) is 48.4 Å². The summed E-state index contributed by atoms with van der Waals surface area (Å²) in [6.45, 7) is 3.25. The van der Waals surface area contributed by atoms with Gasteiger partial charge in [0, 0.05) is 13.0 Å². The molecule has 2 aromatic rings. The topological polar surface area (TPSA) is 100 Å². The SMILES string of the molecule is COc1ccc2cc(/C=N\NC(=O)CCN3C(=O)NC(C)(C)C3=O)ccc2c1. The molecular weight excluding hydrogens is 360 g/mol. The lowest BCUT2D eigenvalue weighted by atomic mass is 10.1. The van der Waals surface area contributed by atoms with Gasteiger partial charge in [0.05, 0.1) is 13.3 Å². The third-order valence-electron chi connectivity index (χ3n) is 4.48. The van der Waals surface area contributed by atoms with Crippen LogP contribution in [0.2, 0.25) is 0 Å². The second-order valence-corrected chi connectivity index (χ2v) is 7.03. The molecule has 146 valence electrons. The van der Waals surface area contributed by atoms with E-state index in [0.29, 0.717) is 0 Å². The average molecular weight is 382 g/mol. The number of imide groups is 1. The number of methoxy groups -OCH3 is 1. The van der Waals surface area contributed by atoms with Crippen molar-refractivity contribution >= 4 is 34.8 Å². The first-order valence-corrected chi connectivity index (χ1v) is 8.84. The maximum absolute atomic E-state index is 12.1. The van der Waals surface area contributed by atoms with Crippen molar-refractivity contribution in [1.82, 2.24) is 15.6 Å². The smallest absolute Gasteiger partial charge is 0.325 e. The minimum absolute atomic E-state index is 0.00720. The molecule has 1 aliphatic rings. The van der Waals surface area contributed by atoms with Crippen LogP contribution in [-0.4, -0.2) is 48.2 Å². The average Bonchev–Trinajstić information content (AvgIpc) is 2.86. The maximum Gasteiger partial charge on any atom is 0.325 e. The van der Waals surface area contributed by atoms with Gasteiger partial charge in [-0.2, -0.15) is 5.10 Å². The number of carbonyl (C=O) groups is 3. The molecule has 1 saturated heterocycles. The molecule has 4 amide bonds. The van der Waals surface area contributed by atoms with Crippen LogP contribution in [0.1, 0.15) is 25.8 Å². The first-order valence-electron chi connectivity index (χ1n) is 8.84. The standard InChI is InChI=1S/C20H22N4O4/c1-20(2)18(26)24(19(27)22-20)9-8-17(25)23-21-12-13-4-5-15-11-16(28-3)7-6-14(15)10-13/h4-7,10-12H,8-9H2,1-3H3,(H,22,27)(H,23,25)/b21-12-. The number of carbonyl (C=O) groups excluding carboxylic acids is 3. The molecule has 0 atom stereocenters. The summed E-state index contributed by atoms with van der Waals surface area (Å²) >= 11 is 0. The molecule has 0 bridgehead atoms. The molecule has 2 aromatic carbocycles. The highest BCUT2D eigenvalue weighted by molar-refractivity contribution is 6.06. The summed E-state index contributed by atoms with van der Waals surface area (Å²) in [5, 5.41) is 8.58. The fourth-order valence-electron chi connectivity index (χ4n) is 2.92. The number of ether oxygens (including phenoxy) is 1. The van der Waals surface area contributed by atoms with Gasteiger partial charge in [-0.15, -0.1) is 0 Å². The second kappa shape index (κ2) is 7.67. The Kier molecular flexibility index (Phi) is 5.30. The van der Waals surface area contributed by atoms with Crippen LogP contribution < -0.4 is 15.5 Å². The number of fused-ring (bicyclic) bond motifs is 1. The van der Waals surface area contributed by atoms with Crippen molar-refractivity contribution in [1.29, 1.82) is 0 Å². The third-order valence-corrected chi connectivity index (χ3v) is 4.48. The zero-order valence-electron chi connectivity index (χ0n) is 16.0. The number of benzene rings is 2. The minimum atomic E-state index is -0.939. The molecule has 8 nitrogen and oxygen atoms in total. The molecule has 0 unspecified atom stereocenters. The van der Waals surface area contributed by atoms with Crippen molar-refractivity contribution in [2.24, 2.45) is 5.10 Å². The van der Waals surface area contributed by atoms with Gasteiger partial charge in [-0.1, -0.05) is 18.2 Å². The van der Waals surface area contributed by atoms with Crippen LogP contribution in [0.15, 0.2) is 41.5 Å². The van der Waals surface area contributed by atoms with E-state index >= 15 is 0 Å². The lowest BCUT2D eigenvalue weighted by Gasteiger charge is -2.15. The molecule has 0 spiro atoms. The second-order valence-electron chi connectivity index (χ2n) is 7.03. The quantitative estimate of drug-likeness (QED) is 0.453. The molecule has 1 fully saturated rings. The Labute approximate surface area is 162 Å². The number of urea groups is 1. The normalized spacial score (nSPS) is 15.9. The highest BCUT2D eigenvalue weighted by Gasteiger charge is 2.43. The van der Waals surface area contributed by atoms with Crippen LogP contribution in [0, 0.1) is 0 Å². The zero-order chi connectivity index (χ0) is 20.3. The molecule has 0 saturated carbocycles. The van der Waals surface area contributed by atoms with Gasteiger partial charge in [0.2, 0.25) is 5.91 Å². The number of hydrogen-bond acceptors (Lipinski definition) is 5. The van der Waals surface area contributed by atoms with Crippen LogP contribution in [0.4, 0.5) is 4.79 Å². The van der Waals surface area contributed by atoms with Crippen LogP contribution >= 0.6 is 0 Å². The molecule has 1 heterocycles. The van der Waals surface area contributed by atoms with Crippen molar-refractivity contribution in [2.45, 2.75) is 25.8 Å². The van der Waals surface area contributed by atoms with Crippen molar-refractivity contribution < 1.29 is 19.1 Å². The lowest BCUT2D eigenvalue weighted by molar-refractivity contribution is -0.130. The summed E-state index contributed by atoms with van der Waals surface area (Å²) in [7, 11) is 1.62. The van der Waals surface area contributed by atoms with E-state index in [2.05, 4.69) is 15.8 Å². The molecule has 8 heteroatoms. The van der Waals surface area contributed by atoms with Crippen molar-refractivity contribution in [3.8, 4) is 5.75 Å². The summed E-state index contributed by atoms with van der Waals surface area (Å²) < 4.78 is 5.20. The van der Waals surface area contributed by atoms with Crippen molar-refractivity contribution in [3.05, 3.63) is 42.0 Å². The first-order chi connectivity index (χ1) is 13.3. The van der Waals surface area contributed by atoms with E-state index in [1.54, 1.807) is 27.2 Å². The van der Waals surface area contributed by atoms with Crippen molar-refractivity contribution in [2.75, 3.05) is 13.7 Å². The van der Waals surface area contributed by atoms with Gasteiger partial charge >= 0.3 is 6.03 Å². The van der Waals surface area contributed by atoms with E-state index in [0.717, 1.165) is 27.0 Å². The lowest BCUT2D eigenvalue weighted by Crippen LogP contribution is -2.40. The fourth-order valence-corrected chi connectivity index (χ4v) is 2.92. The van der Waals surface area contributed by atoms with Gasteiger partial charge in [0.15, 0.2) is 0 Å². The van der Waals surface area contributed by atoms with Crippen LogP contribution in [-0.2, 0) is 9.59 Å². The number of nitrogens with one attached hydrogen (secondary N) is 2. The predicted molar refractivity (Wildman–Crippen MR) is 105 cm³/mol. The Hall–Kier alpha value is -3.42. The van der Waals surface area contributed by atoms with E-state index in [-0.39, 0.29) is 24.8 Å². The molecule has 1 aliphatic heterocycles. The Morgan fingerprint density at radius 2 is 1.93 bits per heavy atom. The van der Waals surface area contributed by atoms with E-state index in [9.17, 15) is 14.4 Å². The van der Waals surface area contributed by atoms with Gasteiger partial charge in [0.1, 0.15) is 11.3 Å². The van der Waals surface area contributed by atoms with Crippen molar-refractivity contribution in [3.63, 3.8) is 0 Å². The van der Waals surface area contributed by atoms with Gasteiger partial charge < -0.3 is 10.1 Å². The van der Waals surface area contributed by atoms with E-state index < -0.39 is 11.6 Å². The molecule has 3 rings (SSSR count). The molecule has 0 aliphatic carbocycles. The van der Waals surface area contributed by atoms with Gasteiger partial charge in [0.25, 0.3) is 5.91 Å². The summed E-state index contributed by atoms with van der Waals surface area (Å²) in [4.78, 5) is 36.8. The predicted octanol–water partition coefficient (Wildman–Crippen LogP) is 2.02. The van der Waals surface area contributed by atoms with E-state index in [1.807, 2.05) is 36.4 Å². The number of hydrogen-bond donors (Lipinski definition) is 2. The van der Waals surface area contributed by atoms with Gasteiger partial charge in [-0.3, -0.25) is 14.5 Å². The molecule has 2 N–H and O–H groups in total. The summed E-state index contributed by atoms with van der Waals surface area (Å²) in [6, 6.07) is 11.0. The summed E-state index contributed by atoms with van der Waals surface area (Å²) in [5.74, 6) is 0.0587. The van der Waals surface area contributed by atoms with E-state index in [1.165, 1.54) is 0 Å². The number of rotatable bonds is 6. The summed E-state index contributed by atoms with van der Waals surface area (Å²) in [6.07, 6.45) is 1.52. The highest BCUT2D eigenvalue weighted by atomic mass is 16.5. The largest absolute Gasteiger partial charge is 0.497 e. The Bertz CT molecular complexity index is 968. The summed E-state index contributed by atoms with van der Waals surface area (Å²) in [5.41, 5.74) is 2.30.